The number of morpholine rings is 1. The summed E-state index contributed by atoms with van der Waals surface area (Å²) in [5.41, 5.74) is 2.44. The molecule has 0 aromatic heterocycles. The minimum atomic E-state index is -0.403. The van der Waals surface area contributed by atoms with Gasteiger partial charge in [-0.3, -0.25) is 14.6 Å². The highest BCUT2D eigenvalue weighted by Gasteiger charge is 2.29. The zero-order valence-corrected chi connectivity index (χ0v) is 14.7. The second kappa shape index (κ2) is 8.42. The van der Waals surface area contributed by atoms with Crippen LogP contribution in [0, 0.1) is 0 Å². The van der Waals surface area contributed by atoms with Gasteiger partial charge in [0.15, 0.2) is 0 Å². The molecule has 0 aliphatic carbocycles. The van der Waals surface area contributed by atoms with Crippen molar-refractivity contribution >= 4 is 11.9 Å². The Morgan fingerprint density at radius 2 is 1.96 bits per heavy atom. The van der Waals surface area contributed by atoms with E-state index in [0.29, 0.717) is 19.6 Å². The van der Waals surface area contributed by atoms with Gasteiger partial charge >= 0.3 is 6.03 Å². The normalized spacial score (nSPS) is 19.7. The molecule has 2 N–H and O–H groups in total. The molecule has 2 aliphatic rings. The van der Waals surface area contributed by atoms with Crippen molar-refractivity contribution < 1.29 is 14.3 Å². The van der Waals surface area contributed by atoms with Gasteiger partial charge in [-0.15, -0.1) is 0 Å². The standard InChI is InChI=1S/C18H26N4O3/c1-14(17(23)22-7-6-19-18(22)24)20-12-15-4-2-3-5-16(15)13-21-8-10-25-11-9-21/h2-5,14,20H,6-13H2,1H3,(H,19,24). The van der Waals surface area contributed by atoms with E-state index in [2.05, 4.69) is 27.7 Å². The van der Waals surface area contributed by atoms with Gasteiger partial charge in [0.2, 0.25) is 5.91 Å². The number of urea groups is 1. The molecule has 0 spiro atoms. The van der Waals surface area contributed by atoms with E-state index in [1.165, 1.54) is 16.0 Å². The van der Waals surface area contributed by atoms with Gasteiger partial charge in [-0.1, -0.05) is 24.3 Å². The summed E-state index contributed by atoms with van der Waals surface area (Å²) in [5, 5.41) is 5.92. The van der Waals surface area contributed by atoms with Gasteiger partial charge in [0.05, 0.1) is 19.3 Å². The van der Waals surface area contributed by atoms with Crippen molar-refractivity contribution in [1.29, 1.82) is 0 Å². The van der Waals surface area contributed by atoms with Crippen molar-refractivity contribution in [1.82, 2.24) is 20.4 Å². The van der Waals surface area contributed by atoms with Crippen LogP contribution in [0.1, 0.15) is 18.1 Å². The topological polar surface area (TPSA) is 73.9 Å². The number of carbonyl (C=O) groups excluding carboxylic acids is 2. The first-order chi connectivity index (χ1) is 12.1. The van der Waals surface area contributed by atoms with Gasteiger partial charge in [-0.25, -0.2) is 4.79 Å². The number of amides is 3. The molecule has 0 bridgehead atoms. The van der Waals surface area contributed by atoms with Gasteiger partial charge in [0.25, 0.3) is 0 Å². The molecule has 1 aromatic rings. The van der Waals surface area contributed by atoms with Crippen LogP contribution < -0.4 is 10.6 Å². The molecule has 7 heteroatoms. The molecule has 2 aliphatic heterocycles. The third kappa shape index (κ3) is 4.56. The predicted molar refractivity (Wildman–Crippen MR) is 94.0 cm³/mol. The van der Waals surface area contributed by atoms with E-state index in [4.69, 9.17) is 4.74 Å². The number of ether oxygens (including phenoxy) is 1. The number of carbonyl (C=O) groups is 2. The van der Waals surface area contributed by atoms with Gasteiger partial charge in [-0.2, -0.15) is 0 Å². The third-order valence-electron chi connectivity index (χ3n) is 4.71. The predicted octanol–water partition coefficient (Wildman–Crippen LogP) is 0.549. The summed E-state index contributed by atoms with van der Waals surface area (Å²) in [4.78, 5) is 27.6. The summed E-state index contributed by atoms with van der Waals surface area (Å²) in [6.07, 6.45) is 0. The fourth-order valence-corrected chi connectivity index (χ4v) is 3.15. The summed E-state index contributed by atoms with van der Waals surface area (Å²) >= 11 is 0. The Labute approximate surface area is 148 Å². The van der Waals surface area contributed by atoms with Crippen LogP contribution in [0.3, 0.4) is 0 Å². The second-order valence-electron chi connectivity index (χ2n) is 6.48. The molecule has 1 atom stereocenters. The Bertz CT molecular complexity index is 616. The number of hydrogen-bond acceptors (Lipinski definition) is 5. The minimum Gasteiger partial charge on any atom is -0.379 e. The highest BCUT2D eigenvalue weighted by Crippen LogP contribution is 2.13. The molecule has 25 heavy (non-hydrogen) atoms. The van der Waals surface area contributed by atoms with Gasteiger partial charge in [0.1, 0.15) is 0 Å². The first-order valence-electron chi connectivity index (χ1n) is 8.84. The highest BCUT2D eigenvalue weighted by atomic mass is 16.5. The summed E-state index contributed by atoms with van der Waals surface area (Å²) in [5.74, 6) is -0.180. The zero-order valence-electron chi connectivity index (χ0n) is 14.7. The quantitative estimate of drug-likeness (QED) is 0.787. The highest BCUT2D eigenvalue weighted by molar-refractivity contribution is 5.98. The molecule has 3 rings (SSSR count). The first kappa shape index (κ1) is 17.8. The van der Waals surface area contributed by atoms with E-state index in [-0.39, 0.29) is 11.9 Å². The average molecular weight is 346 g/mol. The van der Waals surface area contributed by atoms with Crippen molar-refractivity contribution in [2.24, 2.45) is 0 Å². The minimum absolute atomic E-state index is 0.180. The summed E-state index contributed by atoms with van der Waals surface area (Å²) in [6.45, 7) is 7.71. The fraction of sp³-hybridized carbons (Fsp3) is 0.556. The van der Waals surface area contributed by atoms with E-state index in [9.17, 15) is 9.59 Å². The van der Waals surface area contributed by atoms with E-state index in [0.717, 1.165) is 32.8 Å². The lowest BCUT2D eigenvalue weighted by Crippen LogP contribution is -2.46. The number of nitrogens with one attached hydrogen (secondary N) is 2. The molecule has 2 heterocycles. The SMILES string of the molecule is CC(NCc1ccccc1CN1CCOCC1)C(=O)N1CCNC1=O. The maximum atomic E-state index is 12.4. The summed E-state index contributed by atoms with van der Waals surface area (Å²) in [6, 6.07) is 7.57. The Morgan fingerprint density at radius 1 is 1.24 bits per heavy atom. The van der Waals surface area contributed by atoms with Gasteiger partial charge in [0, 0.05) is 39.3 Å². The molecule has 136 valence electrons. The Morgan fingerprint density at radius 3 is 2.64 bits per heavy atom. The molecule has 3 amide bonds. The molecular formula is C18H26N4O3. The van der Waals surface area contributed by atoms with E-state index < -0.39 is 6.04 Å². The van der Waals surface area contributed by atoms with Crippen molar-refractivity contribution in [3.8, 4) is 0 Å². The summed E-state index contributed by atoms with van der Waals surface area (Å²) < 4.78 is 5.40. The number of hydrogen-bond donors (Lipinski definition) is 2. The second-order valence-corrected chi connectivity index (χ2v) is 6.48. The van der Waals surface area contributed by atoms with Crippen LogP contribution in [0.25, 0.3) is 0 Å². The maximum absolute atomic E-state index is 12.4. The van der Waals surface area contributed by atoms with E-state index in [1.807, 2.05) is 12.1 Å². The molecule has 2 fully saturated rings. The Kier molecular flexibility index (Phi) is 6.01. The molecule has 1 unspecified atom stereocenters. The molecular weight excluding hydrogens is 320 g/mol. The maximum Gasteiger partial charge on any atom is 0.324 e. The van der Waals surface area contributed by atoms with E-state index >= 15 is 0 Å². The third-order valence-corrected chi connectivity index (χ3v) is 4.71. The molecule has 0 saturated carbocycles. The number of nitrogens with zero attached hydrogens (tertiary/aromatic N) is 2. The van der Waals surface area contributed by atoms with Crippen LogP contribution in [0.5, 0.6) is 0 Å². The Balaban J connectivity index is 1.57. The van der Waals surface area contributed by atoms with Crippen molar-refractivity contribution in [2.75, 3.05) is 39.4 Å². The van der Waals surface area contributed by atoms with Crippen molar-refractivity contribution in [2.45, 2.75) is 26.1 Å². The smallest absolute Gasteiger partial charge is 0.324 e. The van der Waals surface area contributed by atoms with Crippen molar-refractivity contribution in [3.63, 3.8) is 0 Å². The monoisotopic (exact) mass is 346 g/mol. The van der Waals surface area contributed by atoms with Crippen molar-refractivity contribution in [3.05, 3.63) is 35.4 Å². The number of imide groups is 1. The zero-order chi connectivity index (χ0) is 17.6. The number of benzene rings is 1. The lowest BCUT2D eigenvalue weighted by molar-refractivity contribution is -0.129. The van der Waals surface area contributed by atoms with Gasteiger partial charge < -0.3 is 15.4 Å². The summed E-state index contributed by atoms with van der Waals surface area (Å²) in [7, 11) is 0. The molecule has 1 aromatic carbocycles. The largest absolute Gasteiger partial charge is 0.379 e. The lowest BCUT2D eigenvalue weighted by Gasteiger charge is -2.27. The Hall–Kier alpha value is -1.96. The lowest BCUT2D eigenvalue weighted by atomic mass is 10.1. The molecule has 0 radical (unpaired) electrons. The van der Waals surface area contributed by atoms with Crippen LogP contribution in [-0.4, -0.2) is 67.2 Å². The van der Waals surface area contributed by atoms with Crippen LogP contribution in [-0.2, 0) is 22.6 Å². The van der Waals surface area contributed by atoms with Gasteiger partial charge in [-0.05, 0) is 18.1 Å². The van der Waals surface area contributed by atoms with Crippen LogP contribution in [0.15, 0.2) is 24.3 Å². The fourth-order valence-electron chi connectivity index (χ4n) is 3.15. The van der Waals surface area contributed by atoms with Crippen LogP contribution in [0.4, 0.5) is 4.79 Å². The molecule has 7 nitrogen and oxygen atoms in total. The molecule has 2 saturated heterocycles. The average Bonchev–Trinajstić information content (AvgIpc) is 3.07. The first-order valence-corrected chi connectivity index (χ1v) is 8.84. The van der Waals surface area contributed by atoms with Crippen LogP contribution >= 0.6 is 0 Å². The van der Waals surface area contributed by atoms with Crippen LogP contribution in [0.2, 0.25) is 0 Å². The number of rotatable bonds is 6. The van der Waals surface area contributed by atoms with E-state index in [1.54, 1.807) is 6.92 Å².